The van der Waals surface area contributed by atoms with Gasteiger partial charge in [0.15, 0.2) is 0 Å². The van der Waals surface area contributed by atoms with E-state index in [0.717, 1.165) is 25.1 Å². The molecule has 2 rings (SSSR count). The number of methoxy groups -OCH3 is 1. The van der Waals surface area contributed by atoms with Crippen molar-refractivity contribution >= 4 is 5.84 Å². The minimum absolute atomic E-state index is 0.243. The van der Waals surface area contributed by atoms with Crippen LogP contribution in [0.3, 0.4) is 0 Å². The first-order chi connectivity index (χ1) is 8.22. The normalized spacial score (nSPS) is 24.7. The highest BCUT2D eigenvalue weighted by Crippen LogP contribution is 2.20. The molecular formula is C14H20N2O. The maximum Gasteiger partial charge on any atom is 0.128 e. The molecule has 1 aliphatic rings. The summed E-state index contributed by atoms with van der Waals surface area (Å²) in [7, 11) is 1.76. The van der Waals surface area contributed by atoms with E-state index in [2.05, 4.69) is 11.8 Å². The summed E-state index contributed by atoms with van der Waals surface area (Å²) in [5, 5.41) is 8.23. The Kier molecular flexibility index (Phi) is 3.79. The molecule has 0 aliphatic carbocycles. The molecule has 1 aromatic rings. The van der Waals surface area contributed by atoms with E-state index < -0.39 is 0 Å². The van der Waals surface area contributed by atoms with Gasteiger partial charge in [0.2, 0.25) is 0 Å². The van der Waals surface area contributed by atoms with Gasteiger partial charge in [-0.15, -0.1) is 0 Å². The summed E-state index contributed by atoms with van der Waals surface area (Å²) >= 11 is 0. The van der Waals surface area contributed by atoms with Crippen molar-refractivity contribution in [3.63, 3.8) is 0 Å². The summed E-state index contributed by atoms with van der Waals surface area (Å²) < 4.78 is 5.48. The third-order valence-electron chi connectivity index (χ3n) is 3.56. The zero-order chi connectivity index (χ0) is 12.3. The monoisotopic (exact) mass is 232 g/mol. The molecule has 0 saturated carbocycles. The topological polar surface area (TPSA) is 36.3 Å². The Balaban J connectivity index is 2.06. The molecule has 1 N–H and O–H groups in total. The molecule has 0 spiro atoms. The second-order valence-corrected chi connectivity index (χ2v) is 4.70. The average molecular weight is 232 g/mol. The summed E-state index contributed by atoms with van der Waals surface area (Å²) in [5.74, 6) is 1.19. The Morgan fingerprint density at radius 1 is 1.35 bits per heavy atom. The van der Waals surface area contributed by atoms with E-state index in [1.807, 2.05) is 30.3 Å². The highest BCUT2D eigenvalue weighted by Gasteiger charge is 2.27. The standard InChI is InChI=1S/C14H20N2O/c1-11-8-9-16(10-13(11)17-2)14(15)12-6-4-3-5-7-12/h3-7,11,13,15H,8-10H2,1-2H3. The van der Waals surface area contributed by atoms with Crippen LogP contribution in [0.2, 0.25) is 0 Å². The molecule has 2 unspecified atom stereocenters. The van der Waals surface area contributed by atoms with E-state index >= 15 is 0 Å². The zero-order valence-corrected chi connectivity index (χ0v) is 10.5. The van der Waals surface area contributed by atoms with Crippen molar-refractivity contribution in [2.75, 3.05) is 20.2 Å². The van der Waals surface area contributed by atoms with E-state index in [4.69, 9.17) is 10.1 Å². The van der Waals surface area contributed by atoms with E-state index in [1.165, 1.54) is 0 Å². The molecule has 17 heavy (non-hydrogen) atoms. The van der Waals surface area contributed by atoms with Gasteiger partial charge in [0.25, 0.3) is 0 Å². The van der Waals surface area contributed by atoms with Crippen molar-refractivity contribution in [3.8, 4) is 0 Å². The zero-order valence-electron chi connectivity index (χ0n) is 10.5. The molecule has 2 atom stereocenters. The van der Waals surface area contributed by atoms with Crippen LogP contribution in [0.4, 0.5) is 0 Å². The predicted molar refractivity (Wildman–Crippen MR) is 69.4 cm³/mol. The number of nitrogens with zero attached hydrogens (tertiary/aromatic N) is 1. The number of piperidine rings is 1. The van der Waals surface area contributed by atoms with Crippen molar-refractivity contribution in [3.05, 3.63) is 35.9 Å². The Bertz CT molecular complexity index is 377. The first-order valence-electron chi connectivity index (χ1n) is 6.14. The SMILES string of the molecule is COC1CN(C(=N)c2ccccc2)CCC1C. The number of ether oxygens (including phenoxy) is 1. The third kappa shape index (κ3) is 2.67. The number of hydrogen-bond donors (Lipinski definition) is 1. The molecule has 1 aromatic carbocycles. The molecule has 0 radical (unpaired) electrons. The molecule has 1 saturated heterocycles. The predicted octanol–water partition coefficient (Wildman–Crippen LogP) is 2.37. The summed E-state index contributed by atoms with van der Waals surface area (Å²) in [6.45, 7) is 4.00. The largest absolute Gasteiger partial charge is 0.379 e. The van der Waals surface area contributed by atoms with E-state index in [9.17, 15) is 0 Å². The minimum atomic E-state index is 0.243. The molecule has 0 amide bonds. The molecule has 1 aliphatic heterocycles. The van der Waals surface area contributed by atoms with Gasteiger partial charge >= 0.3 is 0 Å². The van der Waals surface area contributed by atoms with Crippen molar-refractivity contribution in [1.29, 1.82) is 5.41 Å². The van der Waals surface area contributed by atoms with Gasteiger partial charge in [-0.3, -0.25) is 5.41 Å². The van der Waals surface area contributed by atoms with Crippen molar-refractivity contribution in [2.24, 2.45) is 5.92 Å². The molecule has 1 fully saturated rings. The lowest BCUT2D eigenvalue weighted by molar-refractivity contribution is 0.0149. The van der Waals surface area contributed by atoms with Crippen LogP contribution in [0.25, 0.3) is 0 Å². The van der Waals surface area contributed by atoms with Crippen LogP contribution < -0.4 is 0 Å². The third-order valence-corrected chi connectivity index (χ3v) is 3.56. The van der Waals surface area contributed by atoms with Gasteiger partial charge < -0.3 is 9.64 Å². The van der Waals surface area contributed by atoms with Crippen molar-refractivity contribution < 1.29 is 4.74 Å². The number of nitrogens with one attached hydrogen (secondary N) is 1. The number of amidine groups is 1. The van der Waals surface area contributed by atoms with E-state index in [-0.39, 0.29) is 6.10 Å². The van der Waals surface area contributed by atoms with Gasteiger partial charge in [-0.25, -0.2) is 0 Å². The summed E-state index contributed by atoms with van der Waals surface area (Å²) in [6, 6.07) is 9.91. The number of likely N-dealkylation sites (tertiary alicyclic amines) is 1. The van der Waals surface area contributed by atoms with Crippen LogP contribution in [-0.4, -0.2) is 37.0 Å². The van der Waals surface area contributed by atoms with Gasteiger partial charge in [-0.1, -0.05) is 37.3 Å². The maximum absolute atomic E-state index is 8.23. The lowest BCUT2D eigenvalue weighted by Gasteiger charge is -2.37. The van der Waals surface area contributed by atoms with Crippen LogP contribution in [0.15, 0.2) is 30.3 Å². The summed E-state index contributed by atoms with van der Waals surface area (Å²) in [5.41, 5.74) is 0.983. The van der Waals surface area contributed by atoms with Crippen LogP contribution in [0, 0.1) is 11.3 Å². The number of benzene rings is 1. The van der Waals surface area contributed by atoms with Crippen LogP contribution in [0.5, 0.6) is 0 Å². The van der Waals surface area contributed by atoms with E-state index in [1.54, 1.807) is 7.11 Å². The molecule has 3 heteroatoms. The molecular weight excluding hydrogens is 212 g/mol. The smallest absolute Gasteiger partial charge is 0.128 e. The number of rotatable bonds is 2. The van der Waals surface area contributed by atoms with Crippen LogP contribution in [0.1, 0.15) is 18.9 Å². The quantitative estimate of drug-likeness (QED) is 0.627. The minimum Gasteiger partial charge on any atom is -0.379 e. The fourth-order valence-electron chi connectivity index (χ4n) is 2.32. The molecule has 0 aromatic heterocycles. The maximum atomic E-state index is 8.23. The van der Waals surface area contributed by atoms with Gasteiger partial charge in [-0.2, -0.15) is 0 Å². The fourth-order valence-corrected chi connectivity index (χ4v) is 2.32. The average Bonchev–Trinajstić information content (AvgIpc) is 2.39. The van der Waals surface area contributed by atoms with Crippen molar-refractivity contribution in [1.82, 2.24) is 4.90 Å². The lowest BCUT2D eigenvalue weighted by atomic mass is 9.95. The lowest BCUT2D eigenvalue weighted by Crippen LogP contribution is -2.46. The molecule has 0 bridgehead atoms. The Labute approximate surface area is 103 Å². The van der Waals surface area contributed by atoms with Crippen LogP contribution >= 0.6 is 0 Å². The Morgan fingerprint density at radius 2 is 2.06 bits per heavy atom. The fraction of sp³-hybridized carbons (Fsp3) is 0.500. The highest BCUT2D eigenvalue weighted by atomic mass is 16.5. The summed E-state index contributed by atoms with van der Waals surface area (Å²) in [6.07, 6.45) is 1.33. The molecule has 3 nitrogen and oxygen atoms in total. The molecule has 92 valence electrons. The summed E-state index contributed by atoms with van der Waals surface area (Å²) in [4.78, 5) is 2.11. The van der Waals surface area contributed by atoms with Gasteiger partial charge in [-0.05, 0) is 12.3 Å². The first kappa shape index (κ1) is 12.1. The van der Waals surface area contributed by atoms with Gasteiger partial charge in [0.1, 0.15) is 5.84 Å². The second kappa shape index (κ2) is 5.32. The van der Waals surface area contributed by atoms with Crippen molar-refractivity contribution in [2.45, 2.75) is 19.4 Å². The van der Waals surface area contributed by atoms with Gasteiger partial charge in [0, 0.05) is 25.8 Å². The Hall–Kier alpha value is -1.35. The first-order valence-corrected chi connectivity index (χ1v) is 6.14. The van der Waals surface area contributed by atoms with Gasteiger partial charge in [0.05, 0.1) is 6.10 Å². The second-order valence-electron chi connectivity index (χ2n) is 4.70. The number of hydrogen-bond acceptors (Lipinski definition) is 2. The van der Waals surface area contributed by atoms with E-state index in [0.29, 0.717) is 11.8 Å². The Morgan fingerprint density at radius 3 is 2.71 bits per heavy atom. The molecule has 1 heterocycles. The van der Waals surface area contributed by atoms with Crippen LogP contribution in [-0.2, 0) is 4.74 Å². The highest BCUT2D eigenvalue weighted by molar-refractivity contribution is 5.96.